The predicted molar refractivity (Wildman–Crippen MR) is 84.2 cm³/mol. The topological polar surface area (TPSA) is 76.0 Å². The number of hydrogen-bond acceptors (Lipinski definition) is 5. The number of aromatic hydroxyl groups is 2. The maximum Gasteiger partial charge on any atom is 0.348 e. The molecule has 0 saturated carbocycles. The molecule has 116 valence electrons. The van der Waals surface area contributed by atoms with Crippen molar-refractivity contribution in [2.24, 2.45) is 0 Å². The highest BCUT2D eigenvalue weighted by Gasteiger charge is 2.32. The molecule has 0 spiro atoms. The van der Waals surface area contributed by atoms with Gasteiger partial charge in [0.25, 0.3) is 0 Å². The lowest BCUT2D eigenvalue weighted by Crippen LogP contribution is -1.98. The Balaban J connectivity index is 2.05. The average Bonchev–Trinajstić information content (AvgIpc) is 2.86. The number of ether oxygens (including phenoxy) is 2. The molecule has 0 radical (unpaired) electrons. The second-order valence-corrected chi connectivity index (χ2v) is 4.94. The fourth-order valence-electron chi connectivity index (χ4n) is 2.31. The van der Waals surface area contributed by atoms with Gasteiger partial charge in [0.15, 0.2) is 11.5 Å². The van der Waals surface area contributed by atoms with Crippen molar-refractivity contribution in [1.82, 2.24) is 0 Å². The molecule has 3 rings (SSSR count). The highest BCUT2D eigenvalue weighted by molar-refractivity contribution is 6.21. The Kier molecular flexibility index (Phi) is 3.76. The fraction of sp³-hybridized carbons (Fsp3) is 0.0556. The third-order valence-corrected chi connectivity index (χ3v) is 3.41. The second kappa shape index (κ2) is 5.88. The zero-order chi connectivity index (χ0) is 16.4. The molecule has 1 heterocycles. The number of cyclic esters (lactones) is 1. The van der Waals surface area contributed by atoms with Crippen LogP contribution >= 0.6 is 0 Å². The first-order valence-corrected chi connectivity index (χ1v) is 6.89. The number of methoxy groups -OCH3 is 1. The van der Waals surface area contributed by atoms with E-state index < -0.39 is 5.97 Å². The minimum absolute atomic E-state index is 0.111. The van der Waals surface area contributed by atoms with Crippen molar-refractivity contribution in [2.45, 2.75) is 0 Å². The normalized spacial score (nSPS) is 15.9. The van der Waals surface area contributed by atoms with Crippen molar-refractivity contribution in [3.8, 4) is 11.5 Å². The van der Waals surface area contributed by atoms with E-state index in [1.807, 2.05) is 0 Å². The Labute approximate surface area is 132 Å². The summed E-state index contributed by atoms with van der Waals surface area (Å²) in [5.41, 5.74) is 1.66. The molecule has 0 atom stereocenters. The van der Waals surface area contributed by atoms with Crippen molar-refractivity contribution in [3.05, 3.63) is 71.2 Å². The SMILES string of the molecule is COC1=C(c2ccc(O)cc2)C(=O)O/C1=C\c1ccc(O)cc1. The van der Waals surface area contributed by atoms with Crippen molar-refractivity contribution in [2.75, 3.05) is 7.11 Å². The molecule has 0 unspecified atom stereocenters. The van der Waals surface area contributed by atoms with Gasteiger partial charge in [0, 0.05) is 0 Å². The van der Waals surface area contributed by atoms with Crippen LogP contribution in [-0.4, -0.2) is 23.3 Å². The van der Waals surface area contributed by atoms with Crippen molar-refractivity contribution in [1.29, 1.82) is 0 Å². The Bertz CT molecular complexity index is 798. The van der Waals surface area contributed by atoms with Crippen LogP contribution in [0.25, 0.3) is 11.6 Å². The molecular weight excluding hydrogens is 296 g/mol. The molecular formula is C18H14O5. The maximum absolute atomic E-state index is 12.2. The summed E-state index contributed by atoms with van der Waals surface area (Å²) >= 11 is 0. The number of rotatable bonds is 3. The van der Waals surface area contributed by atoms with Gasteiger partial charge in [-0.05, 0) is 41.5 Å². The summed E-state index contributed by atoms with van der Waals surface area (Å²) in [5, 5.41) is 18.7. The van der Waals surface area contributed by atoms with E-state index in [1.54, 1.807) is 42.5 Å². The molecule has 23 heavy (non-hydrogen) atoms. The first-order chi connectivity index (χ1) is 11.1. The number of hydrogen-bond donors (Lipinski definition) is 2. The lowest BCUT2D eigenvalue weighted by Gasteiger charge is -2.04. The lowest BCUT2D eigenvalue weighted by atomic mass is 10.0. The molecule has 0 saturated heterocycles. The number of carbonyl (C=O) groups is 1. The molecule has 2 aromatic rings. The smallest absolute Gasteiger partial charge is 0.348 e. The number of benzene rings is 2. The highest BCUT2D eigenvalue weighted by atomic mass is 16.6. The molecule has 5 heteroatoms. The molecule has 0 bridgehead atoms. The summed E-state index contributed by atoms with van der Waals surface area (Å²) in [6, 6.07) is 12.7. The predicted octanol–water partition coefficient (Wildman–Crippen LogP) is 3.05. The van der Waals surface area contributed by atoms with Gasteiger partial charge in [-0.25, -0.2) is 4.79 Å². The highest BCUT2D eigenvalue weighted by Crippen LogP contribution is 2.35. The van der Waals surface area contributed by atoms with Crippen LogP contribution in [0.1, 0.15) is 11.1 Å². The summed E-state index contributed by atoms with van der Waals surface area (Å²) in [4.78, 5) is 12.2. The van der Waals surface area contributed by atoms with E-state index in [1.165, 1.54) is 19.2 Å². The van der Waals surface area contributed by atoms with E-state index in [0.29, 0.717) is 22.7 Å². The van der Waals surface area contributed by atoms with Gasteiger partial charge in [-0.15, -0.1) is 0 Å². The summed E-state index contributed by atoms with van der Waals surface area (Å²) in [5.74, 6) is 0.375. The lowest BCUT2D eigenvalue weighted by molar-refractivity contribution is -0.131. The van der Waals surface area contributed by atoms with E-state index >= 15 is 0 Å². The van der Waals surface area contributed by atoms with E-state index in [0.717, 1.165) is 5.56 Å². The van der Waals surface area contributed by atoms with Gasteiger partial charge in [0.05, 0.1) is 7.11 Å². The summed E-state index contributed by atoms with van der Waals surface area (Å²) < 4.78 is 10.6. The zero-order valence-corrected chi connectivity index (χ0v) is 12.3. The second-order valence-electron chi connectivity index (χ2n) is 4.94. The van der Waals surface area contributed by atoms with E-state index in [-0.39, 0.29) is 11.5 Å². The van der Waals surface area contributed by atoms with Crippen LogP contribution in [0, 0.1) is 0 Å². The third kappa shape index (κ3) is 2.89. The van der Waals surface area contributed by atoms with E-state index in [4.69, 9.17) is 9.47 Å². The fourth-order valence-corrected chi connectivity index (χ4v) is 2.31. The van der Waals surface area contributed by atoms with Crippen LogP contribution in [0.5, 0.6) is 11.5 Å². The zero-order valence-electron chi connectivity index (χ0n) is 12.3. The molecule has 5 nitrogen and oxygen atoms in total. The van der Waals surface area contributed by atoms with Gasteiger partial charge < -0.3 is 19.7 Å². The van der Waals surface area contributed by atoms with Gasteiger partial charge in [-0.3, -0.25) is 0 Å². The van der Waals surface area contributed by atoms with Gasteiger partial charge in [0.1, 0.15) is 17.1 Å². The van der Waals surface area contributed by atoms with Crippen LogP contribution in [0.2, 0.25) is 0 Å². The van der Waals surface area contributed by atoms with E-state index in [9.17, 15) is 15.0 Å². The minimum atomic E-state index is -0.516. The molecule has 0 aromatic heterocycles. The molecule has 1 aliphatic heterocycles. The van der Waals surface area contributed by atoms with Crippen LogP contribution in [0.3, 0.4) is 0 Å². The average molecular weight is 310 g/mol. The van der Waals surface area contributed by atoms with Crippen molar-refractivity contribution in [3.63, 3.8) is 0 Å². The standard InChI is InChI=1S/C18H14O5/c1-22-17-15(10-11-2-6-13(19)7-3-11)23-18(21)16(17)12-4-8-14(20)9-5-12/h2-10,19-20H,1H3/b15-10-. The Hall–Kier alpha value is -3.21. The maximum atomic E-state index is 12.2. The van der Waals surface area contributed by atoms with Gasteiger partial charge in [0.2, 0.25) is 0 Å². The Morgan fingerprint density at radius 2 is 1.52 bits per heavy atom. The van der Waals surface area contributed by atoms with Crippen LogP contribution in [0.4, 0.5) is 0 Å². The summed E-state index contributed by atoms with van der Waals surface area (Å²) in [7, 11) is 1.46. The monoisotopic (exact) mass is 310 g/mol. The molecule has 0 amide bonds. The van der Waals surface area contributed by atoms with Gasteiger partial charge in [-0.1, -0.05) is 24.3 Å². The minimum Gasteiger partial charge on any atom is -0.508 e. The van der Waals surface area contributed by atoms with Gasteiger partial charge in [-0.2, -0.15) is 0 Å². The van der Waals surface area contributed by atoms with Gasteiger partial charge >= 0.3 is 5.97 Å². The van der Waals surface area contributed by atoms with Crippen LogP contribution in [0.15, 0.2) is 60.0 Å². The number of phenols is 2. The Morgan fingerprint density at radius 3 is 2.09 bits per heavy atom. The quantitative estimate of drug-likeness (QED) is 0.852. The first kappa shape index (κ1) is 14.7. The van der Waals surface area contributed by atoms with Crippen LogP contribution < -0.4 is 0 Å². The number of phenolic OH excluding ortho intramolecular Hbond substituents is 2. The van der Waals surface area contributed by atoms with Crippen molar-refractivity contribution < 1.29 is 24.5 Å². The molecule has 1 aliphatic rings. The largest absolute Gasteiger partial charge is 0.508 e. The summed E-state index contributed by atoms with van der Waals surface area (Å²) in [6.45, 7) is 0. The van der Waals surface area contributed by atoms with E-state index in [2.05, 4.69) is 0 Å². The number of carbonyl (C=O) groups excluding carboxylic acids is 1. The Morgan fingerprint density at radius 1 is 0.957 bits per heavy atom. The third-order valence-electron chi connectivity index (χ3n) is 3.41. The number of esters is 1. The molecule has 0 aliphatic carbocycles. The summed E-state index contributed by atoms with van der Waals surface area (Å²) in [6.07, 6.45) is 1.66. The van der Waals surface area contributed by atoms with Crippen LogP contribution in [-0.2, 0) is 14.3 Å². The van der Waals surface area contributed by atoms with Crippen molar-refractivity contribution >= 4 is 17.6 Å². The first-order valence-electron chi connectivity index (χ1n) is 6.89. The molecule has 2 N–H and O–H groups in total. The molecule has 0 fully saturated rings. The molecule has 2 aromatic carbocycles.